The Morgan fingerprint density at radius 3 is 2.67 bits per heavy atom. The zero-order valence-electron chi connectivity index (χ0n) is 8.80. The molecule has 1 aromatic carbocycles. The smallest absolute Gasteiger partial charge is 0.108 e. The Morgan fingerprint density at radius 1 is 1.27 bits per heavy atom. The number of thioether (sulfide) groups is 1. The Bertz CT molecular complexity index is 302. The second-order valence-electron chi connectivity index (χ2n) is 3.85. The molecule has 0 bridgehead atoms. The molecule has 1 aliphatic rings. The Balaban J connectivity index is 1.91. The Kier molecular flexibility index (Phi) is 3.67. The molecule has 0 aliphatic carbocycles. The summed E-state index contributed by atoms with van der Waals surface area (Å²) in [5.41, 5.74) is 0.186. The van der Waals surface area contributed by atoms with Crippen molar-refractivity contribution in [2.24, 2.45) is 0 Å². The molecule has 0 radical (unpaired) electrons. The number of aliphatic hydroxyl groups is 1. The monoisotopic (exact) mass is 224 g/mol. The van der Waals surface area contributed by atoms with E-state index in [0.29, 0.717) is 0 Å². The van der Waals surface area contributed by atoms with Gasteiger partial charge in [0.1, 0.15) is 5.44 Å². The minimum Gasteiger partial charge on any atom is -0.390 e. The van der Waals surface area contributed by atoms with Crippen molar-refractivity contribution < 1.29 is 9.84 Å². The van der Waals surface area contributed by atoms with Crippen molar-refractivity contribution in [1.82, 2.24) is 0 Å². The molecule has 2 rings (SSSR count). The molecule has 0 aromatic heterocycles. The first kappa shape index (κ1) is 11.0. The van der Waals surface area contributed by atoms with Crippen molar-refractivity contribution >= 4 is 11.8 Å². The standard InChI is InChI=1S/C12H16O2S/c1-9-11(13)7-8-12(14-9)15-10-5-3-2-4-6-10/h2-6,9,11-13H,7-8H2,1H3/t9-,11+,12-/m0/s1. The summed E-state index contributed by atoms with van der Waals surface area (Å²) in [6.45, 7) is 1.93. The molecule has 2 nitrogen and oxygen atoms in total. The molecule has 0 unspecified atom stereocenters. The average Bonchev–Trinajstić information content (AvgIpc) is 2.25. The van der Waals surface area contributed by atoms with Gasteiger partial charge in [0.25, 0.3) is 0 Å². The molecule has 3 heteroatoms. The van der Waals surface area contributed by atoms with Crippen molar-refractivity contribution in [2.75, 3.05) is 0 Å². The molecule has 1 fully saturated rings. The lowest BCUT2D eigenvalue weighted by Gasteiger charge is -2.31. The summed E-state index contributed by atoms with van der Waals surface area (Å²) in [7, 11) is 0. The Hall–Kier alpha value is -0.510. The van der Waals surface area contributed by atoms with Crippen molar-refractivity contribution in [3.8, 4) is 0 Å². The van der Waals surface area contributed by atoms with Gasteiger partial charge >= 0.3 is 0 Å². The van der Waals surface area contributed by atoms with E-state index >= 15 is 0 Å². The molecular formula is C12H16O2S. The van der Waals surface area contributed by atoms with Crippen LogP contribution in [0.5, 0.6) is 0 Å². The summed E-state index contributed by atoms with van der Waals surface area (Å²) in [6, 6.07) is 10.2. The van der Waals surface area contributed by atoms with Gasteiger partial charge < -0.3 is 9.84 Å². The lowest BCUT2D eigenvalue weighted by Crippen LogP contribution is -2.35. The molecule has 0 spiro atoms. The molecule has 1 heterocycles. The first-order valence-corrected chi connectivity index (χ1v) is 6.19. The third-order valence-corrected chi connectivity index (χ3v) is 3.77. The van der Waals surface area contributed by atoms with Gasteiger partial charge in [0.2, 0.25) is 0 Å². The van der Waals surface area contributed by atoms with Crippen LogP contribution in [0.1, 0.15) is 19.8 Å². The highest BCUT2D eigenvalue weighted by Crippen LogP contribution is 2.32. The highest BCUT2D eigenvalue weighted by atomic mass is 32.2. The second kappa shape index (κ2) is 5.01. The lowest BCUT2D eigenvalue weighted by molar-refractivity contribution is -0.0766. The van der Waals surface area contributed by atoms with Crippen LogP contribution in [0.25, 0.3) is 0 Å². The number of aliphatic hydroxyl groups excluding tert-OH is 1. The van der Waals surface area contributed by atoms with Gasteiger partial charge in [-0.25, -0.2) is 0 Å². The zero-order chi connectivity index (χ0) is 10.7. The maximum Gasteiger partial charge on any atom is 0.108 e. The SMILES string of the molecule is C[C@@H]1O[C@@H](Sc2ccccc2)CC[C@H]1O. The van der Waals surface area contributed by atoms with E-state index in [2.05, 4.69) is 12.1 Å². The van der Waals surface area contributed by atoms with E-state index in [1.165, 1.54) is 4.90 Å². The molecule has 0 saturated carbocycles. The van der Waals surface area contributed by atoms with E-state index in [0.717, 1.165) is 12.8 Å². The maximum atomic E-state index is 9.53. The summed E-state index contributed by atoms with van der Waals surface area (Å²) in [6.07, 6.45) is 1.43. The lowest BCUT2D eigenvalue weighted by atomic mass is 10.1. The molecule has 15 heavy (non-hydrogen) atoms. The van der Waals surface area contributed by atoms with Crippen LogP contribution in [0.4, 0.5) is 0 Å². The van der Waals surface area contributed by atoms with Gasteiger partial charge in [-0.3, -0.25) is 0 Å². The Labute approximate surface area is 94.6 Å². The van der Waals surface area contributed by atoms with Crippen LogP contribution >= 0.6 is 11.8 Å². The Morgan fingerprint density at radius 2 is 2.00 bits per heavy atom. The fourth-order valence-corrected chi connectivity index (χ4v) is 2.78. The number of rotatable bonds is 2. The molecule has 3 atom stereocenters. The fourth-order valence-electron chi connectivity index (χ4n) is 1.68. The van der Waals surface area contributed by atoms with E-state index in [1.54, 1.807) is 11.8 Å². The van der Waals surface area contributed by atoms with Crippen LogP contribution in [0, 0.1) is 0 Å². The number of hydrogen-bond acceptors (Lipinski definition) is 3. The molecule has 1 N–H and O–H groups in total. The number of hydrogen-bond donors (Lipinski definition) is 1. The third kappa shape index (κ3) is 2.97. The largest absolute Gasteiger partial charge is 0.390 e. The van der Waals surface area contributed by atoms with Gasteiger partial charge in [-0.15, -0.1) is 0 Å². The topological polar surface area (TPSA) is 29.5 Å². The molecule has 82 valence electrons. The summed E-state index contributed by atoms with van der Waals surface area (Å²) >= 11 is 1.74. The fraction of sp³-hybridized carbons (Fsp3) is 0.500. The van der Waals surface area contributed by atoms with Crippen molar-refractivity contribution in [3.63, 3.8) is 0 Å². The minimum absolute atomic E-state index is 0.0417. The van der Waals surface area contributed by atoms with Crippen LogP contribution < -0.4 is 0 Å². The van der Waals surface area contributed by atoms with Crippen molar-refractivity contribution in [1.29, 1.82) is 0 Å². The van der Waals surface area contributed by atoms with Gasteiger partial charge in [-0.1, -0.05) is 30.0 Å². The minimum atomic E-state index is -0.294. The normalized spacial score (nSPS) is 31.5. The van der Waals surface area contributed by atoms with E-state index in [4.69, 9.17) is 4.74 Å². The van der Waals surface area contributed by atoms with Gasteiger partial charge in [0.05, 0.1) is 12.2 Å². The first-order valence-electron chi connectivity index (χ1n) is 5.31. The predicted molar refractivity (Wildman–Crippen MR) is 61.9 cm³/mol. The molecule has 1 aliphatic heterocycles. The van der Waals surface area contributed by atoms with Crippen LogP contribution in [0.15, 0.2) is 35.2 Å². The van der Waals surface area contributed by atoms with Crippen molar-refractivity contribution in [3.05, 3.63) is 30.3 Å². The third-order valence-electron chi connectivity index (χ3n) is 2.62. The van der Waals surface area contributed by atoms with Crippen LogP contribution in [-0.2, 0) is 4.74 Å². The van der Waals surface area contributed by atoms with E-state index in [1.807, 2.05) is 25.1 Å². The molecule has 0 amide bonds. The second-order valence-corrected chi connectivity index (χ2v) is 5.08. The van der Waals surface area contributed by atoms with Gasteiger partial charge in [-0.05, 0) is 31.9 Å². The van der Waals surface area contributed by atoms with E-state index in [-0.39, 0.29) is 17.6 Å². The van der Waals surface area contributed by atoms with Crippen LogP contribution in [0.3, 0.4) is 0 Å². The maximum absolute atomic E-state index is 9.53. The van der Waals surface area contributed by atoms with Crippen molar-refractivity contribution in [2.45, 2.75) is 42.3 Å². The molecular weight excluding hydrogens is 208 g/mol. The quantitative estimate of drug-likeness (QED) is 0.837. The summed E-state index contributed by atoms with van der Waals surface area (Å²) in [4.78, 5) is 1.23. The highest BCUT2D eigenvalue weighted by molar-refractivity contribution is 7.99. The van der Waals surface area contributed by atoms with Gasteiger partial charge in [-0.2, -0.15) is 0 Å². The van der Waals surface area contributed by atoms with E-state index < -0.39 is 0 Å². The predicted octanol–water partition coefficient (Wildman–Crippen LogP) is 2.66. The molecule has 1 saturated heterocycles. The number of ether oxygens (including phenoxy) is 1. The highest BCUT2D eigenvalue weighted by Gasteiger charge is 2.26. The van der Waals surface area contributed by atoms with E-state index in [9.17, 15) is 5.11 Å². The summed E-state index contributed by atoms with van der Waals surface area (Å²) < 4.78 is 5.72. The first-order chi connectivity index (χ1) is 7.25. The molecule has 1 aromatic rings. The number of benzene rings is 1. The summed E-state index contributed by atoms with van der Waals surface area (Å²) in [5.74, 6) is 0. The van der Waals surface area contributed by atoms with Crippen LogP contribution in [0.2, 0.25) is 0 Å². The zero-order valence-corrected chi connectivity index (χ0v) is 9.61. The summed E-state index contributed by atoms with van der Waals surface area (Å²) in [5, 5.41) is 9.53. The average molecular weight is 224 g/mol. The van der Waals surface area contributed by atoms with Gasteiger partial charge in [0, 0.05) is 4.90 Å². The van der Waals surface area contributed by atoms with Crippen LogP contribution in [-0.4, -0.2) is 22.8 Å². The van der Waals surface area contributed by atoms with Gasteiger partial charge in [0.15, 0.2) is 0 Å².